The van der Waals surface area contributed by atoms with Crippen LogP contribution in [0.3, 0.4) is 0 Å². The van der Waals surface area contributed by atoms with E-state index in [9.17, 15) is 5.11 Å². The molecule has 2 aromatic rings. The zero-order valence-electron chi connectivity index (χ0n) is 9.63. The first-order chi connectivity index (χ1) is 8.34. The number of aromatic nitrogens is 2. The maximum Gasteiger partial charge on any atom is 0.139 e. The van der Waals surface area contributed by atoms with Crippen molar-refractivity contribution in [3.8, 4) is 0 Å². The first-order valence-corrected chi connectivity index (χ1v) is 6.12. The molecule has 3 rings (SSSR count). The molecule has 1 aliphatic carbocycles. The number of nitrogens with zero attached hydrogens (tertiary/aromatic N) is 1. The van der Waals surface area contributed by atoms with Crippen LogP contribution in [0.2, 0.25) is 0 Å². The van der Waals surface area contributed by atoms with E-state index in [4.69, 9.17) is 0 Å². The van der Waals surface area contributed by atoms with Crippen molar-refractivity contribution in [2.75, 3.05) is 0 Å². The predicted molar refractivity (Wildman–Crippen MR) is 65.7 cm³/mol. The van der Waals surface area contributed by atoms with Gasteiger partial charge in [-0.3, -0.25) is 0 Å². The van der Waals surface area contributed by atoms with Gasteiger partial charge in [-0.25, -0.2) is 4.98 Å². The van der Waals surface area contributed by atoms with Crippen molar-refractivity contribution >= 4 is 0 Å². The Morgan fingerprint density at radius 3 is 2.88 bits per heavy atom. The molecule has 1 heterocycles. The van der Waals surface area contributed by atoms with E-state index in [0.29, 0.717) is 11.7 Å². The lowest BCUT2D eigenvalue weighted by Crippen LogP contribution is -2.10. The molecule has 1 aliphatic rings. The summed E-state index contributed by atoms with van der Waals surface area (Å²) in [5.41, 5.74) is 2.27. The minimum absolute atomic E-state index is 0.607. The highest BCUT2D eigenvalue weighted by molar-refractivity contribution is 5.31. The lowest BCUT2D eigenvalue weighted by molar-refractivity contribution is 0.210. The molecule has 0 bridgehead atoms. The first kappa shape index (κ1) is 10.5. The number of aliphatic hydroxyl groups is 1. The molecule has 2 N–H and O–H groups in total. The summed E-state index contributed by atoms with van der Waals surface area (Å²) in [4.78, 5) is 7.05. The largest absolute Gasteiger partial charge is 0.380 e. The third-order valence-corrected chi connectivity index (χ3v) is 3.58. The summed E-state index contributed by atoms with van der Waals surface area (Å²) in [7, 11) is 0. The number of aliphatic hydroxyl groups excluding tert-OH is 1. The van der Waals surface area contributed by atoms with E-state index in [-0.39, 0.29) is 0 Å². The molecule has 1 unspecified atom stereocenters. The smallest absolute Gasteiger partial charge is 0.139 e. The van der Waals surface area contributed by atoms with Gasteiger partial charge in [-0.05, 0) is 29.9 Å². The van der Waals surface area contributed by atoms with Gasteiger partial charge in [-0.15, -0.1) is 0 Å². The van der Waals surface area contributed by atoms with Gasteiger partial charge >= 0.3 is 0 Å². The molecule has 3 nitrogen and oxygen atoms in total. The number of imidazole rings is 1. The van der Waals surface area contributed by atoms with Crippen molar-refractivity contribution < 1.29 is 5.11 Å². The minimum Gasteiger partial charge on any atom is -0.380 e. The molecule has 1 aromatic carbocycles. The molecule has 88 valence electrons. The van der Waals surface area contributed by atoms with Crippen LogP contribution in [0.4, 0.5) is 0 Å². The van der Waals surface area contributed by atoms with Gasteiger partial charge < -0.3 is 10.1 Å². The predicted octanol–water partition coefficient (Wildman–Crippen LogP) is 2.76. The maximum absolute atomic E-state index is 10.2. The number of H-pyrrole nitrogens is 1. The molecule has 3 heteroatoms. The molecule has 0 radical (unpaired) electrons. The van der Waals surface area contributed by atoms with E-state index in [1.807, 2.05) is 12.1 Å². The molecular formula is C14H16N2O. The van der Waals surface area contributed by atoms with Crippen LogP contribution in [0, 0.1) is 0 Å². The number of nitrogens with one attached hydrogen (secondary N) is 1. The van der Waals surface area contributed by atoms with Crippen molar-refractivity contribution in [1.29, 1.82) is 0 Å². The molecule has 1 aromatic heterocycles. The van der Waals surface area contributed by atoms with Gasteiger partial charge in [0, 0.05) is 12.4 Å². The lowest BCUT2D eigenvalue weighted by Gasteiger charge is -2.26. The van der Waals surface area contributed by atoms with Crippen molar-refractivity contribution in [3.05, 3.63) is 53.6 Å². The molecular weight excluding hydrogens is 212 g/mol. The fraction of sp³-hybridized carbons (Fsp3) is 0.357. The Kier molecular flexibility index (Phi) is 2.69. The second kappa shape index (κ2) is 4.34. The SMILES string of the molecule is OC(c1cccc(C2CCC2)c1)c1ncc[nH]1. The van der Waals surface area contributed by atoms with Crippen LogP contribution in [0.15, 0.2) is 36.7 Å². The Morgan fingerprint density at radius 2 is 2.24 bits per heavy atom. The summed E-state index contributed by atoms with van der Waals surface area (Å²) in [6.07, 6.45) is 6.63. The van der Waals surface area contributed by atoms with Gasteiger partial charge in [-0.1, -0.05) is 30.7 Å². The second-order valence-electron chi connectivity index (χ2n) is 4.67. The Balaban J connectivity index is 1.87. The fourth-order valence-electron chi connectivity index (χ4n) is 2.31. The highest BCUT2D eigenvalue weighted by atomic mass is 16.3. The van der Waals surface area contributed by atoms with Gasteiger partial charge in [0.15, 0.2) is 0 Å². The summed E-state index contributed by atoms with van der Waals surface area (Å²) < 4.78 is 0. The molecule has 1 fully saturated rings. The maximum atomic E-state index is 10.2. The van der Waals surface area contributed by atoms with Crippen LogP contribution in [-0.2, 0) is 0 Å². The average molecular weight is 228 g/mol. The van der Waals surface area contributed by atoms with Crippen molar-refractivity contribution in [2.24, 2.45) is 0 Å². The first-order valence-electron chi connectivity index (χ1n) is 6.12. The number of hydrogen-bond donors (Lipinski definition) is 2. The number of benzene rings is 1. The monoisotopic (exact) mass is 228 g/mol. The third-order valence-electron chi connectivity index (χ3n) is 3.58. The van der Waals surface area contributed by atoms with Gasteiger partial charge in [0.2, 0.25) is 0 Å². The van der Waals surface area contributed by atoms with Crippen LogP contribution in [0.25, 0.3) is 0 Å². The zero-order chi connectivity index (χ0) is 11.7. The van der Waals surface area contributed by atoms with E-state index in [0.717, 1.165) is 5.56 Å². The van der Waals surface area contributed by atoms with E-state index >= 15 is 0 Å². The van der Waals surface area contributed by atoms with Crippen molar-refractivity contribution in [3.63, 3.8) is 0 Å². The minimum atomic E-state index is -0.648. The Labute approximate surface area is 101 Å². The van der Waals surface area contributed by atoms with Gasteiger partial charge in [-0.2, -0.15) is 0 Å². The quantitative estimate of drug-likeness (QED) is 0.848. The zero-order valence-corrected chi connectivity index (χ0v) is 9.63. The number of rotatable bonds is 3. The summed E-state index contributed by atoms with van der Waals surface area (Å²) in [6, 6.07) is 8.24. The summed E-state index contributed by atoms with van der Waals surface area (Å²) in [5.74, 6) is 1.30. The average Bonchev–Trinajstić information content (AvgIpc) is 2.79. The number of aromatic amines is 1. The van der Waals surface area contributed by atoms with Crippen LogP contribution in [-0.4, -0.2) is 15.1 Å². The molecule has 0 spiro atoms. The second-order valence-corrected chi connectivity index (χ2v) is 4.67. The number of hydrogen-bond acceptors (Lipinski definition) is 2. The Bertz CT molecular complexity index is 489. The molecule has 0 amide bonds. The van der Waals surface area contributed by atoms with Crippen molar-refractivity contribution in [1.82, 2.24) is 9.97 Å². The molecule has 17 heavy (non-hydrogen) atoms. The summed E-state index contributed by atoms with van der Waals surface area (Å²) in [5, 5.41) is 10.2. The van der Waals surface area contributed by atoms with E-state index in [2.05, 4.69) is 22.1 Å². The van der Waals surface area contributed by atoms with Crippen molar-refractivity contribution in [2.45, 2.75) is 31.3 Å². The van der Waals surface area contributed by atoms with Gasteiger partial charge in [0.1, 0.15) is 11.9 Å². The normalized spacial score (nSPS) is 17.7. The fourth-order valence-corrected chi connectivity index (χ4v) is 2.31. The summed E-state index contributed by atoms with van der Waals surface area (Å²) >= 11 is 0. The van der Waals surface area contributed by atoms with E-state index in [1.54, 1.807) is 12.4 Å². The van der Waals surface area contributed by atoms with Gasteiger partial charge in [0.25, 0.3) is 0 Å². The third kappa shape index (κ3) is 1.98. The topological polar surface area (TPSA) is 48.9 Å². The summed E-state index contributed by atoms with van der Waals surface area (Å²) in [6.45, 7) is 0. The molecule has 0 saturated heterocycles. The molecule has 1 atom stereocenters. The highest BCUT2D eigenvalue weighted by Gasteiger charge is 2.21. The van der Waals surface area contributed by atoms with Crippen LogP contribution < -0.4 is 0 Å². The van der Waals surface area contributed by atoms with E-state index < -0.39 is 6.10 Å². The Morgan fingerprint density at radius 1 is 1.35 bits per heavy atom. The standard InChI is InChI=1S/C14H16N2O/c17-13(14-15-7-8-16-14)12-6-2-5-11(9-12)10-3-1-4-10/h2,5-10,13,17H,1,3-4H2,(H,15,16). The molecule has 0 aliphatic heterocycles. The van der Waals surface area contributed by atoms with Crippen LogP contribution >= 0.6 is 0 Å². The lowest BCUT2D eigenvalue weighted by atomic mass is 9.79. The van der Waals surface area contributed by atoms with E-state index in [1.165, 1.54) is 24.8 Å². The van der Waals surface area contributed by atoms with Crippen LogP contribution in [0.5, 0.6) is 0 Å². The highest BCUT2D eigenvalue weighted by Crippen LogP contribution is 2.37. The van der Waals surface area contributed by atoms with Crippen LogP contribution in [0.1, 0.15) is 48.2 Å². The Hall–Kier alpha value is -1.61. The molecule has 1 saturated carbocycles. The van der Waals surface area contributed by atoms with Gasteiger partial charge in [0.05, 0.1) is 0 Å².